The molecule has 0 amide bonds. The maximum absolute atomic E-state index is 11.6. The van der Waals surface area contributed by atoms with Gasteiger partial charge in [0.15, 0.2) is 0 Å². The van der Waals surface area contributed by atoms with Crippen LogP contribution in [0.4, 0.5) is 0 Å². The van der Waals surface area contributed by atoms with Crippen LogP contribution in [0, 0.1) is 0 Å². The molecule has 0 aromatic heterocycles. The normalized spacial score (nSPS) is 16.8. The number of hydrogen-bond donors (Lipinski definition) is 1. The van der Waals surface area contributed by atoms with Gasteiger partial charge in [-0.05, 0) is 55.5 Å². The topological polar surface area (TPSA) is 61.5 Å². The largest absolute Gasteiger partial charge is 0.494 e. The molecule has 0 saturated carbocycles. The van der Waals surface area contributed by atoms with Gasteiger partial charge in [-0.25, -0.2) is 0 Å². The minimum atomic E-state index is -0.103. The zero-order chi connectivity index (χ0) is 14.4. The summed E-state index contributed by atoms with van der Waals surface area (Å²) in [5.41, 5.74) is 7.80. The van der Waals surface area contributed by atoms with Crippen molar-refractivity contribution >= 4 is 5.97 Å². The van der Waals surface area contributed by atoms with Crippen molar-refractivity contribution < 1.29 is 14.3 Å². The molecule has 20 heavy (non-hydrogen) atoms. The number of rotatable bonds is 7. The fourth-order valence-corrected chi connectivity index (χ4v) is 2.46. The average Bonchev–Trinajstić information content (AvgIpc) is 2.82. The maximum Gasteiger partial charge on any atom is 0.306 e. The number of aryl methyl sites for hydroxylation is 1. The Morgan fingerprint density at radius 1 is 1.45 bits per heavy atom. The lowest BCUT2D eigenvalue weighted by Crippen LogP contribution is -2.08. The lowest BCUT2D eigenvalue weighted by atomic mass is 10.1. The van der Waals surface area contributed by atoms with Crippen molar-refractivity contribution in [3.05, 3.63) is 29.3 Å². The molecule has 2 rings (SSSR count). The molecule has 0 fully saturated rings. The molecule has 2 N–H and O–H groups in total. The van der Waals surface area contributed by atoms with Gasteiger partial charge in [0.1, 0.15) is 11.9 Å². The van der Waals surface area contributed by atoms with E-state index in [2.05, 4.69) is 6.07 Å². The predicted octanol–water partition coefficient (Wildman–Crippen LogP) is 2.74. The van der Waals surface area contributed by atoms with E-state index < -0.39 is 0 Å². The van der Waals surface area contributed by atoms with Gasteiger partial charge in [-0.15, -0.1) is 0 Å². The number of benzene rings is 1. The van der Waals surface area contributed by atoms with Gasteiger partial charge in [-0.2, -0.15) is 0 Å². The van der Waals surface area contributed by atoms with E-state index in [4.69, 9.17) is 15.2 Å². The Hall–Kier alpha value is -1.55. The van der Waals surface area contributed by atoms with Crippen LogP contribution in [0.25, 0.3) is 0 Å². The molecule has 0 radical (unpaired) electrons. The quantitative estimate of drug-likeness (QED) is 0.615. The smallest absolute Gasteiger partial charge is 0.306 e. The second-order valence-electron chi connectivity index (χ2n) is 5.12. The first-order valence-electron chi connectivity index (χ1n) is 7.39. The Balaban J connectivity index is 1.97. The first kappa shape index (κ1) is 14.9. The molecule has 0 spiro atoms. The van der Waals surface area contributed by atoms with Gasteiger partial charge in [-0.3, -0.25) is 4.79 Å². The van der Waals surface area contributed by atoms with Crippen molar-refractivity contribution in [3.63, 3.8) is 0 Å². The number of esters is 1. The van der Waals surface area contributed by atoms with Crippen molar-refractivity contribution in [2.24, 2.45) is 5.73 Å². The van der Waals surface area contributed by atoms with Gasteiger partial charge in [0.05, 0.1) is 6.61 Å². The fourth-order valence-electron chi connectivity index (χ4n) is 2.46. The van der Waals surface area contributed by atoms with E-state index in [0.29, 0.717) is 19.6 Å². The van der Waals surface area contributed by atoms with E-state index >= 15 is 0 Å². The van der Waals surface area contributed by atoms with E-state index in [-0.39, 0.29) is 12.1 Å². The molecule has 0 bridgehead atoms. The van der Waals surface area contributed by atoms with Crippen molar-refractivity contribution in [1.82, 2.24) is 0 Å². The molecule has 1 aliphatic carbocycles. The molecule has 4 nitrogen and oxygen atoms in total. The third-order valence-corrected chi connectivity index (χ3v) is 3.48. The molecule has 0 unspecified atom stereocenters. The number of carbonyl (C=O) groups excluding carboxylic acids is 1. The first-order chi connectivity index (χ1) is 9.74. The summed E-state index contributed by atoms with van der Waals surface area (Å²) in [7, 11) is 0. The highest BCUT2D eigenvalue weighted by Gasteiger charge is 2.25. The highest BCUT2D eigenvalue weighted by Crippen LogP contribution is 2.36. The van der Waals surface area contributed by atoms with Gasteiger partial charge < -0.3 is 15.2 Å². The lowest BCUT2D eigenvalue weighted by molar-refractivity contribution is -0.149. The van der Waals surface area contributed by atoms with E-state index in [1.165, 1.54) is 5.56 Å². The summed E-state index contributed by atoms with van der Waals surface area (Å²) >= 11 is 0. The Labute approximate surface area is 120 Å². The summed E-state index contributed by atoms with van der Waals surface area (Å²) in [5, 5.41) is 0. The summed E-state index contributed by atoms with van der Waals surface area (Å²) in [6.45, 7) is 3.26. The molecular weight excluding hydrogens is 254 g/mol. The summed E-state index contributed by atoms with van der Waals surface area (Å²) < 4.78 is 11.2. The van der Waals surface area contributed by atoms with Crippen LogP contribution in [0.15, 0.2) is 18.2 Å². The highest BCUT2D eigenvalue weighted by molar-refractivity contribution is 5.69. The molecule has 0 aliphatic heterocycles. The number of nitrogens with two attached hydrogens (primary N) is 1. The lowest BCUT2D eigenvalue weighted by Gasteiger charge is -2.13. The second-order valence-corrected chi connectivity index (χ2v) is 5.12. The van der Waals surface area contributed by atoms with Crippen LogP contribution in [0.1, 0.15) is 49.8 Å². The SMILES string of the molecule is CCCC(=O)O[C@H]1CCc2cc(OCCCN)ccc21. The van der Waals surface area contributed by atoms with Crippen molar-refractivity contribution in [2.45, 2.75) is 45.1 Å². The third-order valence-electron chi connectivity index (χ3n) is 3.48. The molecular formula is C16H23NO3. The fraction of sp³-hybridized carbons (Fsp3) is 0.562. The molecule has 0 saturated heterocycles. The highest BCUT2D eigenvalue weighted by atomic mass is 16.5. The molecule has 4 heteroatoms. The van der Waals surface area contributed by atoms with Crippen LogP contribution >= 0.6 is 0 Å². The van der Waals surface area contributed by atoms with E-state index in [9.17, 15) is 4.79 Å². The Morgan fingerprint density at radius 3 is 3.05 bits per heavy atom. The van der Waals surface area contributed by atoms with Gasteiger partial charge in [0, 0.05) is 6.42 Å². The molecule has 1 aliphatic rings. The van der Waals surface area contributed by atoms with Crippen molar-refractivity contribution in [1.29, 1.82) is 0 Å². The zero-order valence-corrected chi connectivity index (χ0v) is 12.1. The first-order valence-corrected chi connectivity index (χ1v) is 7.39. The number of hydrogen-bond acceptors (Lipinski definition) is 4. The monoisotopic (exact) mass is 277 g/mol. The summed E-state index contributed by atoms with van der Waals surface area (Å²) in [5.74, 6) is 0.770. The van der Waals surface area contributed by atoms with Gasteiger partial charge in [0.25, 0.3) is 0 Å². The summed E-state index contributed by atoms with van der Waals surface area (Å²) in [6.07, 6.45) is 3.90. The minimum Gasteiger partial charge on any atom is -0.494 e. The summed E-state index contributed by atoms with van der Waals surface area (Å²) in [4.78, 5) is 11.6. The molecule has 1 aromatic carbocycles. The average molecular weight is 277 g/mol. The van der Waals surface area contributed by atoms with Crippen LogP contribution in [0.3, 0.4) is 0 Å². The zero-order valence-electron chi connectivity index (χ0n) is 12.1. The molecule has 1 atom stereocenters. The standard InChI is InChI=1S/C16H23NO3/c1-2-4-16(18)20-15-8-5-12-11-13(6-7-14(12)15)19-10-3-9-17/h6-7,11,15H,2-5,8-10,17H2,1H3/t15-/m0/s1. The van der Waals surface area contributed by atoms with E-state index in [1.54, 1.807) is 0 Å². The number of carbonyl (C=O) groups is 1. The number of fused-ring (bicyclic) bond motifs is 1. The number of ether oxygens (including phenoxy) is 2. The van der Waals surface area contributed by atoms with Gasteiger partial charge in [-0.1, -0.05) is 13.0 Å². The van der Waals surface area contributed by atoms with Crippen LogP contribution in [-0.4, -0.2) is 19.1 Å². The Bertz CT molecular complexity index is 459. The van der Waals surface area contributed by atoms with Gasteiger partial charge >= 0.3 is 5.97 Å². The van der Waals surface area contributed by atoms with Crippen LogP contribution in [0.2, 0.25) is 0 Å². The Morgan fingerprint density at radius 2 is 2.30 bits per heavy atom. The van der Waals surface area contributed by atoms with Gasteiger partial charge in [0.2, 0.25) is 0 Å². The molecule has 1 aromatic rings. The van der Waals surface area contributed by atoms with Crippen LogP contribution < -0.4 is 10.5 Å². The Kier molecular flexibility index (Phi) is 5.41. The minimum absolute atomic E-state index is 0.0814. The van der Waals surface area contributed by atoms with E-state index in [1.807, 2.05) is 19.1 Å². The molecule has 0 heterocycles. The third kappa shape index (κ3) is 3.73. The summed E-state index contributed by atoms with van der Waals surface area (Å²) in [6, 6.07) is 6.02. The van der Waals surface area contributed by atoms with Crippen molar-refractivity contribution in [3.8, 4) is 5.75 Å². The second kappa shape index (κ2) is 7.29. The van der Waals surface area contributed by atoms with E-state index in [0.717, 1.165) is 37.0 Å². The molecule has 110 valence electrons. The predicted molar refractivity (Wildman–Crippen MR) is 77.7 cm³/mol. The van der Waals surface area contributed by atoms with Crippen LogP contribution in [-0.2, 0) is 16.0 Å². The van der Waals surface area contributed by atoms with Crippen molar-refractivity contribution in [2.75, 3.05) is 13.2 Å². The van der Waals surface area contributed by atoms with Crippen LogP contribution in [0.5, 0.6) is 5.75 Å². The maximum atomic E-state index is 11.6.